The van der Waals surface area contributed by atoms with E-state index in [0.29, 0.717) is 0 Å². The zero-order valence-corrected chi connectivity index (χ0v) is 23.8. The molecular formula is C36H29N3O4. The molecule has 0 aliphatic carbocycles. The van der Waals surface area contributed by atoms with E-state index in [-0.39, 0.29) is 11.4 Å². The van der Waals surface area contributed by atoms with Crippen LogP contribution in [0.25, 0.3) is 0 Å². The topological polar surface area (TPSA) is 85.0 Å². The van der Waals surface area contributed by atoms with Crippen LogP contribution in [0.1, 0.15) is 30.5 Å². The summed E-state index contributed by atoms with van der Waals surface area (Å²) in [4.78, 5) is 32.3. The Morgan fingerprint density at radius 3 is 1.81 bits per heavy atom. The van der Waals surface area contributed by atoms with E-state index in [2.05, 4.69) is 29.2 Å². The lowest BCUT2D eigenvalue weighted by atomic mass is 9.76. The van der Waals surface area contributed by atoms with Crippen molar-refractivity contribution in [3.63, 3.8) is 0 Å². The third-order valence-electron chi connectivity index (χ3n) is 7.78. The minimum atomic E-state index is -1.25. The zero-order chi connectivity index (χ0) is 30.0. The molecule has 5 aromatic rings. The van der Waals surface area contributed by atoms with Crippen molar-refractivity contribution < 1.29 is 14.5 Å². The monoisotopic (exact) mass is 567 g/mol. The van der Waals surface area contributed by atoms with Gasteiger partial charge in [0.2, 0.25) is 0 Å². The average Bonchev–Trinajstić information content (AvgIpc) is 3.34. The number of fused-ring (bicyclic) bond motifs is 1. The lowest BCUT2D eigenvalue weighted by molar-refractivity contribution is -0.384. The molecule has 0 bridgehead atoms. The van der Waals surface area contributed by atoms with Gasteiger partial charge in [-0.2, -0.15) is 0 Å². The summed E-state index contributed by atoms with van der Waals surface area (Å²) in [5.74, 6) is -0.298. The predicted molar refractivity (Wildman–Crippen MR) is 168 cm³/mol. The second kappa shape index (κ2) is 11.0. The summed E-state index contributed by atoms with van der Waals surface area (Å²) in [5.41, 5.74) is 2.80. The molecule has 0 fully saturated rings. The first-order chi connectivity index (χ1) is 20.8. The van der Waals surface area contributed by atoms with Crippen molar-refractivity contribution in [2.75, 3.05) is 4.90 Å². The molecule has 0 aromatic heterocycles. The Kier molecular flexibility index (Phi) is 7.08. The maximum absolute atomic E-state index is 14.2. The first-order valence-corrected chi connectivity index (χ1v) is 13.9. The van der Waals surface area contributed by atoms with Crippen molar-refractivity contribution in [2.45, 2.75) is 24.9 Å². The van der Waals surface area contributed by atoms with E-state index in [1.165, 1.54) is 24.3 Å². The summed E-state index contributed by atoms with van der Waals surface area (Å²) in [7, 11) is 0. The molecule has 1 aliphatic rings. The highest BCUT2D eigenvalue weighted by Gasteiger charge is 2.58. The Labute approximate surface area is 249 Å². The van der Waals surface area contributed by atoms with Crippen molar-refractivity contribution in [3.8, 4) is 5.75 Å². The number of hydrogen-bond donors (Lipinski definition) is 0. The number of nitrogens with zero attached hydrogens (tertiary/aromatic N) is 3. The van der Waals surface area contributed by atoms with E-state index >= 15 is 0 Å². The summed E-state index contributed by atoms with van der Waals surface area (Å²) in [6, 6.07) is 43.4. The third-order valence-corrected chi connectivity index (χ3v) is 7.78. The van der Waals surface area contributed by atoms with Crippen molar-refractivity contribution in [1.82, 2.24) is 0 Å². The van der Waals surface area contributed by atoms with Gasteiger partial charge in [-0.15, -0.1) is 0 Å². The van der Waals surface area contributed by atoms with Gasteiger partial charge < -0.3 is 9.64 Å². The van der Waals surface area contributed by atoms with Gasteiger partial charge in [-0.25, -0.2) is 9.79 Å². The maximum atomic E-state index is 14.2. The number of hydrogen-bond acceptors (Lipinski definition) is 6. The van der Waals surface area contributed by atoms with Crippen LogP contribution in [0, 0.1) is 10.1 Å². The van der Waals surface area contributed by atoms with Gasteiger partial charge in [-0.1, -0.05) is 97.1 Å². The number of esters is 1. The molecule has 0 radical (unpaired) electrons. The number of carbonyl (C=O) groups excluding carboxylic acids is 1. The van der Waals surface area contributed by atoms with Crippen LogP contribution in [0.4, 0.5) is 17.1 Å². The molecule has 0 amide bonds. The summed E-state index contributed by atoms with van der Waals surface area (Å²) in [6.45, 7) is 3.67. The van der Waals surface area contributed by atoms with E-state index < -0.39 is 22.0 Å². The van der Waals surface area contributed by atoms with E-state index in [9.17, 15) is 14.9 Å². The molecule has 7 nitrogen and oxygen atoms in total. The Hall–Kier alpha value is -5.56. The molecule has 0 atom stereocenters. The molecule has 43 heavy (non-hydrogen) atoms. The molecule has 212 valence electrons. The van der Waals surface area contributed by atoms with Gasteiger partial charge in [0.15, 0.2) is 0 Å². The van der Waals surface area contributed by atoms with Crippen LogP contribution in [-0.2, 0) is 10.3 Å². The Morgan fingerprint density at radius 2 is 1.26 bits per heavy atom. The number of anilines is 1. The van der Waals surface area contributed by atoms with Gasteiger partial charge in [0.05, 0.1) is 16.3 Å². The van der Waals surface area contributed by atoms with Crippen molar-refractivity contribution >= 4 is 28.7 Å². The van der Waals surface area contributed by atoms with Gasteiger partial charge in [0.25, 0.3) is 5.69 Å². The quantitative estimate of drug-likeness (QED) is 0.0865. The minimum absolute atomic E-state index is 0.0820. The largest absolute Gasteiger partial charge is 0.425 e. The lowest BCUT2D eigenvalue weighted by Gasteiger charge is -2.48. The molecule has 0 saturated carbocycles. The smallest absolute Gasteiger partial charge is 0.336 e. The number of non-ortho nitro benzene ring substituents is 1. The summed E-state index contributed by atoms with van der Waals surface area (Å²) in [5, 5.41) is 11.2. The number of para-hydroxylation sites is 2. The van der Waals surface area contributed by atoms with Crippen molar-refractivity contribution in [3.05, 3.63) is 166 Å². The van der Waals surface area contributed by atoms with Crippen LogP contribution in [-0.4, -0.2) is 22.1 Å². The molecule has 7 heteroatoms. The van der Waals surface area contributed by atoms with Crippen molar-refractivity contribution in [2.24, 2.45) is 4.99 Å². The average molecular weight is 568 g/mol. The van der Waals surface area contributed by atoms with Gasteiger partial charge in [0, 0.05) is 23.4 Å². The molecule has 0 N–H and O–H groups in total. The second-order valence-corrected chi connectivity index (χ2v) is 10.8. The Morgan fingerprint density at radius 1 is 0.744 bits per heavy atom. The maximum Gasteiger partial charge on any atom is 0.336 e. The molecule has 1 heterocycles. The molecular weight excluding hydrogens is 538 g/mol. The van der Waals surface area contributed by atoms with Gasteiger partial charge in [0.1, 0.15) is 16.8 Å². The molecule has 5 aromatic carbocycles. The highest BCUT2D eigenvalue weighted by Crippen LogP contribution is 2.53. The lowest BCUT2D eigenvalue weighted by Crippen LogP contribution is -2.62. The first-order valence-electron chi connectivity index (χ1n) is 13.9. The van der Waals surface area contributed by atoms with E-state index in [0.717, 1.165) is 33.8 Å². The number of aliphatic imine (C=N–C) groups is 1. The normalized spacial score (nSPS) is 14.7. The summed E-state index contributed by atoms with van der Waals surface area (Å²) < 4.78 is 5.92. The number of nitro groups is 1. The van der Waals surface area contributed by atoms with Crippen LogP contribution >= 0.6 is 0 Å². The molecule has 0 saturated heterocycles. The Bertz CT molecular complexity index is 1760. The molecule has 1 aliphatic heterocycles. The number of ether oxygens (including phenoxy) is 1. The number of benzene rings is 5. The van der Waals surface area contributed by atoms with E-state index in [1.54, 1.807) is 0 Å². The van der Waals surface area contributed by atoms with Gasteiger partial charge >= 0.3 is 5.97 Å². The fourth-order valence-electron chi connectivity index (χ4n) is 5.86. The van der Waals surface area contributed by atoms with Gasteiger partial charge in [-0.05, 0) is 55.3 Å². The van der Waals surface area contributed by atoms with Crippen LogP contribution in [0.15, 0.2) is 145 Å². The van der Waals surface area contributed by atoms with Crippen molar-refractivity contribution in [1.29, 1.82) is 0 Å². The Balaban J connectivity index is 1.61. The SMILES string of the molecule is CC(C)(C(=O)Oc1ccc([N+](=O)[O-])cc1)N1c2ccccc2C(=Nc2ccccc2)C1(c1ccccc1)c1ccccc1. The third kappa shape index (κ3) is 4.75. The van der Waals surface area contributed by atoms with Gasteiger partial charge in [-0.3, -0.25) is 10.1 Å². The first kappa shape index (κ1) is 27.6. The molecule has 0 unspecified atom stereocenters. The number of carbonyl (C=O) groups is 1. The highest BCUT2D eigenvalue weighted by molar-refractivity contribution is 6.21. The zero-order valence-electron chi connectivity index (χ0n) is 23.8. The number of rotatable bonds is 7. The predicted octanol–water partition coefficient (Wildman–Crippen LogP) is 7.86. The molecule has 6 rings (SSSR count). The highest BCUT2D eigenvalue weighted by atomic mass is 16.6. The van der Waals surface area contributed by atoms with E-state index in [1.807, 2.05) is 105 Å². The fraction of sp³-hybridized carbons (Fsp3) is 0.111. The standard InChI is InChI=1S/C36H29N3O4/c1-35(2,34(40)43-30-24-22-29(23-25-30)39(41)42)38-32-21-13-12-20-31(32)33(37-28-18-10-5-11-19-28)36(38,26-14-6-3-7-15-26)27-16-8-4-9-17-27/h3-25H,1-2H3. The summed E-state index contributed by atoms with van der Waals surface area (Å²) >= 11 is 0. The van der Waals surface area contributed by atoms with Crippen LogP contribution in [0.3, 0.4) is 0 Å². The van der Waals surface area contributed by atoms with E-state index in [4.69, 9.17) is 9.73 Å². The molecule has 0 spiro atoms. The van der Waals surface area contributed by atoms with Crippen LogP contribution in [0.2, 0.25) is 0 Å². The van der Waals surface area contributed by atoms with Crippen LogP contribution < -0.4 is 9.64 Å². The van der Waals surface area contributed by atoms with Crippen LogP contribution in [0.5, 0.6) is 5.75 Å². The second-order valence-electron chi connectivity index (χ2n) is 10.8. The number of nitro benzene ring substituents is 1. The fourth-order valence-corrected chi connectivity index (χ4v) is 5.86. The minimum Gasteiger partial charge on any atom is -0.425 e. The summed E-state index contributed by atoms with van der Waals surface area (Å²) in [6.07, 6.45) is 0.